The average molecular weight is 601 g/mol. The van der Waals surface area contributed by atoms with E-state index in [0.717, 1.165) is 23.2 Å². The van der Waals surface area contributed by atoms with Gasteiger partial charge in [-0.1, -0.05) is 24.3 Å². The van der Waals surface area contributed by atoms with Crippen molar-refractivity contribution in [3.63, 3.8) is 0 Å². The first-order chi connectivity index (χ1) is 20.3. The molecule has 222 valence electrons. The summed E-state index contributed by atoms with van der Waals surface area (Å²) < 4.78 is 83.7. The lowest BCUT2D eigenvalue weighted by Crippen LogP contribution is -2.60. The zero-order valence-electron chi connectivity index (χ0n) is 22.4. The van der Waals surface area contributed by atoms with Crippen LogP contribution < -0.4 is 5.32 Å². The van der Waals surface area contributed by atoms with Crippen molar-refractivity contribution in [2.45, 2.75) is 38.0 Å². The maximum atomic E-state index is 14.6. The Morgan fingerprint density at radius 1 is 1.07 bits per heavy atom. The Hall–Kier alpha value is -4.83. The van der Waals surface area contributed by atoms with Crippen LogP contribution in [0.15, 0.2) is 65.9 Å². The molecule has 5 rings (SSSR count). The summed E-state index contributed by atoms with van der Waals surface area (Å²) >= 11 is 0. The highest BCUT2D eigenvalue weighted by Crippen LogP contribution is 2.43. The van der Waals surface area contributed by atoms with Gasteiger partial charge in [-0.25, -0.2) is 18.2 Å². The lowest BCUT2D eigenvalue weighted by atomic mass is 9.90. The second kappa shape index (κ2) is 10.8. The van der Waals surface area contributed by atoms with Crippen LogP contribution >= 0.6 is 0 Å². The second-order valence-corrected chi connectivity index (χ2v) is 10.3. The number of benzene rings is 3. The molecule has 2 amide bonds. The van der Waals surface area contributed by atoms with Crippen LogP contribution in [0.4, 0.5) is 32.0 Å². The van der Waals surface area contributed by atoms with E-state index in [-0.39, 0.29) is 35.3 Å². The lowest BCUT2D eigenvalue weighted by Gasteiger charge is -2.46. The number of anilines is 1. The van der Waals surface area contributed by atoms with Gasteiger partial charge in [-0.3, -0.25) is 14.6 Å². The molecule has 2 heterocycles. The number of nitrogens with zero attached hydrogens (tertiary/aromatic N) is 3. The molecule has 13 heteroatoms. The fourth-order valence-corrected chi connectivity index (χ4v) is 5.48. The third kappa shape index (κ3) is 5.08. The van der Waals surface area contributed by atoms with E-state index in [1.54, 1.807) is 13.0 Å². The van der Waals surface area contributed by atoms with Gasteiger partial charge in [0.15, 0.2) is 11.6 Å². The molecule has 2 N–H and O–H groups in total. The van der Waals surface area contributed by atoms with Gasteiger partial charge in [-0.2, -0.15) is 18.4 Å². The van der Waals surface area contributed by atoms with E-state index in [9.17, 15) is 46.3 Å². The third-order valence-corrected chi connectivity index (χ3v) is 7.68. The molecule has 1 atom stereocenters. The molecule has 0 unspecified atom stereocenters. The maximum Gasteiger partial charge on any atom is 0.416 e. The molecule has 0 saturated carbocycles. The SMILES string of the molecule is C[C@]12CCCN1N(Cc1cccc(F)c1F)C(=O)C(C(=O)Nc1ccc(C(F)(F)F)cc1-c1cccc(F)c1C#N)=C2O. The number of halogens is 6. The average Bonchev–Trinajstić information content (AvgIpc) is 3.35. The second-order valence-electron chi connectivity index (χ2n) is 10.3. The molecular weight excluding hydrogens is 578 g/mol. The molecule has 1 fully saturated rings. The number of nitriles is 1. The molecule has 43 heavy (non-hydrogen) atoms. The van der Waals surface area contributed by atoms with Gasteiger partial charge in [0.2, 0.25) is 0 Å². The summed E-state index contributed by atoms with van der Waals surface area (Å²) in [6, 6.07) is 10.5. The van der Waals surface area contributed by atoms with Crippen LogP contribution in [-0.2, 0) is 22.3 Å². The number of nitrogens with one attached hydrogen (secondary N) is 1. The van der Waals surface area contributed by atoms with Crippen molar-refractivity contribution in [3.05, 3.63) is 100 Å². The van der Waals surface area contributed by atoms with Crippen LogP contribution in [0, 0.1) is 28.8 Å². The van der Waals surface area contributed by atoms with Gasteiger partial charge in [0.1, 0.15) is 23.2 Å². The van der Waals surface area contributed by atoms with Crippen molar-refractivity contribution < 1.29 is 41.0 Å². The van der Waals surface area contributed by atoms with Gasteiger partial charge in [0.25, 0.3) is 11.8 Å². The number of carbonyl (C=O) groups is 2. The molecule has 0 aromatic heterocycles. The molecule has 1 saturated heterocycles. The number of hydrazine groups is 1. The van der Waals surface area contributed by atoms with Crippen molar-refractivity contribution in [2.24, 2.45) is 0 Å². The summed E-state index contributed by atoms with van der Waals surface area (Å²) in [4.78, 5) is 27.3. The highest BCUT2D eigenvalue weighted by molar-refractivity contribution is 6.24. The van der Waals surface area contributed by atoms with Gasteiger partial charge in [-0.05, 0) is 50.1 Å². The minimum Gasteiger partial charge on any atom is -0.509 e. The molecule has 2 aliphatic rings. The quantitative estimate of drug-likeness (QED) is 0.268. The van der Waals surface area contributed by atoms with E-state index in [0.29, 0.717) is 18.6 Å². The van der Waals surface area contributed by atoms with E-state index >= 15 is 0 Å². The van der Waals surface area contributed by atoms with Gasteiger partial charge in [0, 0.05) is 28.9 Å². The third-order valence-electron chi connectivity index (χ3n) is 7.68. The van der Waals surface area contributed by atoms with E-state index in [1.807, 2.05) is 0 Å². The first-order valence-corrected chi connectivity index (χ1v) is 13.0. The van der Waals surface area contributed by atoms with Gasteiger partial charge in [-0.15, -0.1) is 0 Å². The number of hydrogen-bond acceptors (Lipinski definition) is 5. The zero-order chi connectivity index (χ0) is 31.3. The first-order valence-electron chi connectivity index (χ1n) is 13.0. The number of fused-ring (bicyclic) bond motifs is 1. The fraction of sp³-hybridized carbons (Fsp3) is 0.233. The van der Waals surface area contributed by atoms with Crippen molar-refractivity contribution in [3.8, 4) is 17.2 Å². The number of alkyl halides is 3. The van der Waals surface area contributed by atoms with E-state index in [2.05, 4.69) is 5.32 Å². The Morgan fingerprint density at radius 3 is 2.47 bits per heavy atom. The molecule has 2 aliphatic heterocycles. The molecule has 3 aromatic rings. The topological polar surface area (TPSA) is 96.7 Å². The van der Waals surface area contributed by atoms with E-state index in [1.165, 1.54) is 29.3 Å². The Kier molecular flexibility index (Phi) is 7.43. The maximum absolute atomic E-state index is 14.6. The summed E-state index contributed by atoms with van der Waals surface area (Å²) in [7, 11) is 0. The zero-order valence-corrected chi connectivity index (χ0v) is 22.4. The molecule has 0 aliphatic carbocycles. The van der Waals surface area contributed by atoms with Crippen LogP contribution in [0.5, 0.6) is 0 Å². The van der Waals surface area contributed by atoms with E-state index in [4.69, 9.17) is 0 Å². The number of hydrogen-bond donors (Lipinski definition) is 2. The van der Waals surface area contributed by atoms with Crippen molar-refractivity contribution in [1.82, 2.24) is 10.0 Å². The Bertz CT molecular complexity index is 1730. The summed E-state index contributed by atoms with van der Waals surface area (Å²) in [6.45, 7) is 1.32. The Balaban J connectivity index is 1.59. The minimum atomic E-state index is -4.83. The number of rotatable bonds is 5. The lowest BCUT2D eigenvalue weighted by molar-refractivity contribution is -0.160. The van der Waals surface area contributed by atoms with Crippen LogP contribution in [-0.4, -0.2) is 39.0 Å². The summed E-state index contributed by atoms with van der Waals surface area (Å²) in [5.41, 5.74) is -4.90. The largest absolute Gasteiger partial charge is 0.509 e. The van der Waals surface area contributed by atoms with Crippen LogP contribution in [0.3, 0.4) is 0 Å². The number of aliphatic hydroxyl groups is 1. The van der Waals surface area contributed by atoms with Crippen LogP contribution in [0.1, 0.15) is 36.5 Å². The molecule has 3 aromatic carbocycles. The van der Waals surface area contributed by atoms with Gasteiger partial charge in [0.05, 0.1) is 23.2 Å². The molecule has 7 nitrogen and oxygen atoms in total. The molecule has 0 bridgehead atoms. The Labute approximate surface area is 241 Å². The van der Waals surface area contributed by atoms with Crippen molar-refractivity contribution in [1.29, 1.82) is 5.26 Å². The standard InChI is InChI=1S/C30H22F6N4O3/c1-29-11-4-12-40(29)39(15-16-5-2-8-22(32)25(16)33)28(43)24(26(29)41)27(42)38-23-10-9-17(30(34,35)36)13-19(23)18-6-3-7-21(31)20(18)14-37/h2-3,5-10,13,41H,4,11-12,15H2,1H3,(H,38,42)/t29-/m1/s1. The highest BCUT2D eigenvalue weighted by atomic mass is 19.4. The smallest absolute Gasteiger partial charge is 0.416 e. The molecule has 0 radical (unpaired) electrons. The molecule has 0 spiro atoms. The number of aliphatic hydroxyl groups excluding tert-OH is 1. The van der Waals surface area contributed by atoms with Crippen LogP contribution in [0.25, 0.3) is 11.1 Å². The van der Waals surface area contributed by atoms with Crippen LogP contribution in [0.2, 0.25) is 0 Å². The fourth-order valence-electron chi connectivity index (χ4n) is 5.48. The predicted molar refractivity (Wildman–Crippen MR) is 141 cm³/mol. The van der Waals surface area contributed by atoms with Gasteiger partial charge < -0.3 is 10.4 Å². The predicted octanol–water partition coefficient (Wildman–Crippen LogP) is 6.22. The molecular formula is C30H22F6N4O3. The highest BCUT2D eigenvalue weighted by Gasteiger charge is 2.52. The summed E-state index contributed by atoms with van der Waals surface area (Å²) in [6.07, 6.45) is -4.07. The normalized spacial score (nSPS) is 18.9. The van der Waals surface area contributed by atoms with Gasteiger partial charge >= 0.3 is 6.18 Å². The Morgan fingerprint density at radius 2 is 1.77 bits per heavy atom. The minimum absolute atomic E-state index is 0.191. The number of carbonyl (C=O) groups excluding carboxylic acids is 2. The van der Waals surface area contributed by atoms with Crippen molar-refractivity contribution >= 4 is 17.5 Å². The summed E-state index contributed by atoms with van der Waals surface area (Å²) in [5.74, 6) is -6.23. The number of amides is 2. The van der Waals surface area contributed by atoms with E-state index < -0.39 is 70.0 Å². The monoisotopic (exact) mass is 600 g/mol. The first kappa shape index (κ1) is 29.7. The summed E-state index contributed by atoms with van der Waals surface area (Å²) in [5, 5.41) is 25.5. The van der Waals surface area contributed by atoms with Crippen molar-refractivity contribution in [2.75, 3.05) is 11.9 Å².